The zero-order valence-electron chi connectivity index (χ0n) is 17.8. The smallest absolute Gasteiger partial charge is 0.354 e. The van der Waals surface area contributed by atoms with Crippen molar-refractivity contribution < 1.29 is 14.3 Å². The van der Waals surface area contributed by atoms with Gasteiger partial charge in [0, 0.05) is 38.1 Å². The third-order valence-electron chi connectivity index (χ3n) is 7.26. The van der Waals surface area contributed by atoms with Crippen LogP contribution in [0.15, 0.2) is 36.4 Å². The summed E-state index contributed by atoms with van der Waals surface area (Å²) in [5, 5.41) is 15.7. The highest BCUT2D eigenvalue weighted by Gasteiger charge is 2.38. The second-order valence-corrected chi connectivity index (χ2v) is 9.22. The van der Waals surface area contributed by atoms with Crippen LogP contribution in [-0.4, -0.2) is 69.1 Å². The molecule has 3 aromatic rings. The molecule has 166 valence electrons. The van der Waals surface area contributed by atoms with Crippen molar-refractivity contribution in [3.05, 3.63) is 47.8 Å². The summed E-state index contributed by atoms with van der Waals surface area (Å²) < 4.78 is 15.8. The van der Waals surface area contributed by atoms with E-state index in [1.165, 1.54) is 6.42 Å². The van der Waals surface area contributed by atoms with Crippen molar-refractivity contribution in [3.8, 4) is 5.69 Å². The van der Waals surface area contributed by atoms with E-state index in [4.69, 9.17) is 5.10 Å². The predicted molar refractivity (Wildman–Crippen MR) is 120 cm³/mol. The fourth-order valence-corrected chi connectivity index (χ4v) is 5.40. The fraction of sp³-hybridized carbons (Fsp3) is 0.458. The van der Waals surface area contributed by atoms with Crippen molar-refractivity contribution in [2.24, 2.45) is 0 Å². The quantitative estimate of drug-likeness (QED) is 0.675. The van der Waals surface area contributed by atoms with E-state index >= 15 is 0 Å². The molecule has 32 heavy (non-hydrogen) atoms. The van der Waals surface area contributed by atoms with E-state index < -0.39 is 12.1 Å². The summed E-state index contributed by atoms with van der Waals surface area (Å²) in [6, 6.07) is 11.6. The van der Waals surface area contributed by atoms with Gasteiger partial charge in [-0.25, -0.2) is 18.9 Å². The lowest BCUT2D eigenvalue weighted by Gasteiger charge is -2.39. The predicted octanol–water partition coefficient (Wildman–Crippen LogP) is 3.62. The number of aromatic nitrogens is 3. The minimum atomic E-state index is -1.05. The highest BCUT2D eigenvalue weighted by atomic mass is 19.1. The van der Waals surface area contributed by atoms with Gasteiger partial charge < -0.3 is 10.0 Å². The monoisotopic (exact) mass is 435 g/mol. The molecule has 1 aromatic carbocycles. The summed E-state index contributed by atoms with van der Waals surface area (Å²) in [4.78, 5) is 21.0. The number of carboxylic acid groups (broad SMARTS) is 1. The second-order valence-electron chi connectivity index (χ2n) is 9.22. The van der Waals surface area contributed by atoms with Gasteiger partial charge in [0.15, 0.2) is 11.3 Å². The number of carbonyl (C=O) groups is 1. The minimum Gasteiger partial charge on any atom is -0.477 e. The first-order chi connectivity index (χ1) is 15.6. The molecule has 0 radical (unpaired) electrons. The summed E-state index contributed by atoms with van der Waals surface area (Å²) in [5.41, 5.74) is 3.35. The number of piperazine rings is 1. The molecule has 1 N–H and O–H groups in total. The maximum atomic E-state index is 14.0. The normalized spacial score (nSPS) is 24.0. The molecule has 4 heterocycles. The van der Waals surface area contributed by atoms with Gasteiger partial charge >= 0.3 is 5.97 Å². The van der Waals surface area contributed by atoms with Crippen LogP contribution in [0.4, 0.5) is 10.1 Å². The molecular formula is C24H26FN5O2. The number of para-hydroxylation sites is 1. The molecule has 7 nitrogen and oxygen atoms in total. The third-order valence-corrected chi connectivity index (χ3v) is 7.26. The van der Waals surface area contributed by atoms with E-state index in [-0.39, 0.29) is 11.7 Å². The summed E-state index contributed by atoms with van der Waals surface area (Å²) in [7, 11) is 0. The number of fused-ring (bicyclic) bond motifs is 2. The number of nitrogens with zero attached hydrogens (tertiary/aromatic N) is 5. The number of hydrogen-bond acceptors (Lipinski definition) is 5. The van der Waals surface area contributed by atoms with Crippen LogP contribution in [0.2, 0.25) is 0 Å². The van der Waals surface area contributed by atoms with Crippen LogP contribution >= 0.6 is 0 Å². The van der Waals surface area contributed by atoms with Gasteiger partial charge in [0.05, 0.1) is 22.5 Å². The van der Waals surface area contributed by atoms with Gasteiger partial charge in [-0.05, 0) is 37.5 Å². The number of anilines is 1. The van der Waals surface area contributed by atoms with Crippen LogP contribution < -0.4 is 4.90 Å². The Morgan fingerprint density at radius 3 is 2.66 bits per heavy atom. The van der Waals surface area contributed by atoms with Crippen molar-refractivity contribution in [1.29, 1.82) is 0 Å². The number of hydrogen-bond donors (Lipinski definition) is 1. The molecule has 8 heteroatoms. The molecule has 2 aromatic heterocycles. The summed E-state index contributed by atoms with van der Waals surface area (Å²) in [5.74, 6) is -0.691. The average Bonchev–Trinajstić information content (AvgIpc) is 3.32. The van der Waals surface area contributed by atoms with E-state index in [0.29, 0.717) is 31.1 Å². The molecule has 3 fully saturated rings. The maximum absolute atomic E-state index is 14.0. The summed E-state index contributed by atoms with van der Waals surface area (Å²) in [6.45, 7) is 2.72. The van der Waals surface area contributed by atoms with E-state index in [2.05, 4.69) is 14.8 Å². The van der Waals surface area contributed by atoms with Crippen molar-refractivity contribution in [2.75, 3.05) is 31.1 Å². The van der Waals surface area contributed by atoms with Gasteiger partial charge in [0.2, 0.25) is 0 Å². The van der Waals surface area contributed by atoms with E-state index in [1.54, 1.807) is 10.7 Å². The Labute approximate surface area is 185 Å². The van der Waals surface area contributed by atoms with Crippen molar-refractivity contribution in [3.63, 3.8) is 0 Å². The number of benzene rings is 1. The number of carboxylic acids is 1. The number of pyridine rings is 1. The van der Waals surface area contributed by atoms with Crippen molar-refractivity contribution in [1.82, 2.24) is 19.7 Å². The lowest BCUT2D eigenvalue weighted by molar-refractivity contribution is 0.0691. The largest absolute Gasteiger partial charge is 0.477 e. The van der Waals surface area contributed by atoms with Gasteiger partial charge in [-0.2, -0.15) is 5.10 Å². The zero-order chi connectivity index (χ0) is 21.8. The number of rotatable bonds is 4. The molecule has 0 bridgehead atoms. The van der Waals surface area contributed by atoms with Crippen molar-refractivity contribution in [2.45, 2.75) is 43.8 Å². The molecule has 0 spiro atoms. The molecule has 2 atom stereocenters. The molecule has 1 aliphatic carbocycles. The second kappa shape index (κ2) is 7.55. The molecule has 2 aliphatic heterocycles. The minimum absolute atomic E-state index is 0.0157. The van der Waals surface area contributed by atoms with E-state index in [9.17, 15) is 14.3 Å². The molecule has 2 saturated heterocycles. The molecular weight excluding hydrogens is 409 g/mol. The lowest BCUT2D eigenvalue weighted by atomic mass is 9.82. The van der Waals surface area contributed by atoms with Gasteiger partial charge in [-0.3, -0.25) is 4.90 Å². The topological polar surface area (TPSA) is 74.5 Å². The summed E-state index contributed by atoms with van der Waals surface area (Å²) in [6.07, 6.45) is 3.11. The first kappa shape index (κ1) is 19.7. The first-order valence-electron chi connectivity index (χ1n) is 11.4. The Balaban J connectivity index is 1.54. The molecule has 0 amide bonds. The third kappa shape index (κ3) is 3.16. The molecule has 6 rings (SSSR count). The van der Waals surface area contributed by atoms with Crippen LogP contribution in [0.1, 0.15) is 47.8 Å². The van der Waals surface area contributed by atoms with Crippen molar-refractivity contribution >= 4 is 22.7 Å². The lowest BCUT2D eigenvalue weighted by Crippen LogP contribution is -2.50. The van der Waals surface area contributed by atoms with Crippen LogP contribution in [-0.2, 0) is 0 Å². The Kier molecular flexibility index (Phi) is 4.64. The maximum Gasteiger partial charge on any atom is 0.354 e. The first-order valence-corrected chi connectivity index (χ1v) is 11.4. The molecule has 1 saturated carbocycles. The molecule has 0 unspecified atom stereocenters. The summed E-state index contributed by atoms with van der Waals surface area (Å²) >= 11 is 0. The zero-order valence-corrected chi connectivity index (χ0v) is 17.8. The van der Waals surface area contributed by atoms with Crippen LogP contribution in [0.25, 0.3) is 16.7 Å². The number of aromatic carboxylic acids is 1. The van der Waals surface area contributed by atoms with Crippen LogP contribution in [0.5, 0.6) is 0 Å². The Hall–Kier alpha value is -3.00. The number of halogens is 1. The van der Waals surface area contributed by atoms with Gasteiger partial charge in [-0.15, -0.1) is 0 Å². The number of alkyl halides is 1. The van der Waals surface area contributed by atoms with Gasteiger partial charge in [0.1, 0.15) is 6.17 Å². The molecule has 3 aliphatic rings. The average molecular weight is 436 g/mol. The Morgan fingerprint density at radius 1 is 1.12 bits per heavy atom. The van der Waals surface area contributed by atoms with Crippen LogP contribution in [0, 0.1) is 0 Å². The van der Waals surface area contributed by atoms with E-state index in [0.717, 1.165) is 48.4 Å². The Morgan fingerprint density at radius 2 is 1.94 bits per heavy atom. The highest BCUT2D eigenvalue weighted by molar-refractivity contribution is 5.98. The van der Waals surface area contributed by atoms with Gasteiger partial charge in [0.25, 0.3) is 0 Å². The Bertz CT molecular complexity index is 1180. The van der Waals surface area contributed by atoms with E-state index in [1.807, 2.05) is 30.3 Å². The fourth-order valence-electron chi connectivity index (χ4n) is 5.40. The SMILES string of the molecule is O=C(O)c1cc(N2CCN3C[C@@H](F)C[C@H]3C2)c2c(C3CCC3)nn(-c3ccccc3)c2n1. The van der Waals surface area contributed by atoms with Gasteiger partial charge in [-0.1, -0.05) is 24.6 Å². The highest BCUT2D eigenvalue weighted by Crippen LogP contribution is 2.43. The standard InChI is InChI=1S/C24H26FN5O2/c25-16-11-18-14-29(10-9-28(18)13-16)20-12-19(24(31)32)26-23-21(20)22(15-5-4-6-15)27-30(23)17-7-2-1-3-8-17/h1-3,7-8,12,15-16,18H,4-6,9-11,13-14H2,(H,31,32)/t16-,18-/m0/s1. The van der Waals surface area contributed by atoms with Crippen LogP contribution in [0.3, 0.4) is 0 Å².